The van der Waals surface area contributed by atoms with Gasteiger partial charge >= 0.3 is 0 Å². The van der Waals surface area contributed by atoms with E-state index in [1.54, 1.807) is 13.0 Å². The lowest BCUT2D eigenvalue weighted by atomic mass is 10.2. The van der Waals surface area contributed by atoms with Gasteiger partial charge in [-0.1, -0.05) is 26.0 Å². The van der Waals surface area contributed by atoms with Crippen molar-refractivity contribution in [2.75, 3.05) is 11.9 Å². The Bertz CT molecular complexity index is 673. The third kappa shape index (κ3) is 4.53. The zero-order chi connectivity index (χ0) is 16.1. The van der Waals surface area contributed by atoms with Crippen molar-refractivity contribution in [3.8, 4) is 0 Å². The summed E-state index contributed by atoms with van der Waals surface area (Å²) in [7, 11) is 0. The quantitative estimate of drug-likeness (QED) is 0.851. The summed E-state index contributed by atoms with van der Waals surface area (Å²) in [4.78, 5) is 20.7. The number of benzene rings is 1. The van der Waals surface area contributed by atoms with Crippen LogP contribution in [-0.4, -0.2) is 22.4 Å². The Balaban J connectivity index is 2.20. The lowest BCUT2D eigenvalue weighted by Gasteiger charge is -2.11. The van der Waals surface area contributed by atoms with Crippen LogP contribution in [0.2, 0.25) is 0 Å². The van der Waals surface area contributed by atoms with Gasteiger partial charge in [-0.2, -0.15) is 0 Å². The average molecular weight is 363 g/mol. The van der Waals surface area contributed by atoms with Crippen LogP contribution in [0, 0.1) is 12.8 Å². The van der Waals surface area contributed by atoms with Crippen molar-refractivity contribution in [2.24, 2.45) is 5.92 Å². The van der Waals surface area contributed by atoms with E-state index in [4.69, 9.17) is 0 Å². The van der Waals surface area contributed by atoms with Gasteiger partial charge in [-0.15, -0.1) is 0 Å². The molecule has 0 aliphatic heterocycles. The molecule has 2 N–H and O–H groups in total. The van der Waals surface area contributed by atoms with Gasteiger partial charge in [0.25, 0.3) is 5.91 Å². The minimum Gasteiger partial charge on any atom is -0.350 e. The SMILES string of the molecule is Cc1nc(Nc2ccccc2Br)cc(C(=O)NCC(C)C)n1. The van der Waals surface area contributed by atoms with Gasteiger partial charge in [0.1, 0.15) is 17.3 Å². The smallest absolute Gasteiger partial charge is 0.270 e. The number of aryl methyl sites for hydroxylation is 1. The number of halogens is 1. The highest BCUT2D eigenvalue weighted by molar-refractivity contribution is 9.10. The first-order valence-corrected chi connectivity index (χ1v) is 7.90. The van der Waals surface area contributed by atoms with E-state index in [0.717, 1.165) is 10.2 Å². The van der Waals surface area contributed by atoms with Gasteiger partial charge in [0.2, 0.25) is 0 Å². The van der Waals surface area contributed by atoms with E-state index in [2.05, 4.69) is 36.5 Å². The van der Waals surface area contributed by atoms with E-state index in [1.165, 1.54) is 0 Å². The Morgan fingerprint density at radius 1 is 1.27 bits per heavy atom. The van der Waals surface area contributed by atoms with E-state index in [0.29, 0.717) is 29.8 Å². The molecule has 0 bridgehead atoms. The molecule has 0 radical (unpaired) electrons. The molecule has 22 heavy (non-hydrogen) atoms. The molecule has 1 aromatic carbocycles. The maximum atomic E-state index is 12.1. The second-order valence-corrected chi connectivity index (χ2v) is 6.25. The van der Waals surface area contributed by atoms with E-state index >= 15 is 0 Å². The molecule has 1 amide bonds. The van der Waals surface area contributed by atoms with Gasteiger partial charge in [-0.25, -0.2) is 9.97 Å². The molecule has 0 aliphatic rings. The highest BCUT2D eigenvalue weighted by Gasteiger charge is 2.11. The van der Waals surface area contributed by atoms with Gasteiger partial charge in [0.05, 0.1) is 5.69 Å². The Labute approximate surface area is 138 Å². The number of hydrogen-bond acceptors (Lipinski definition) is 4. The van der Waals surface area contributed by atoms with Crippen molar-refractivity contribution in [3.63, 3.8) is 0 Å². The van der Waals surface area contributed by atoms with Gasteiger partial charge in [0, 0.05) is 17.1 Å². The monoisotopic (exact) mass is 362 g/mol. The number of nitrogens with one attached hydrogen (secondary N) is 2. The van der Waals surface area contributed by atoms with Crippen LogP contribution in [-0.2, 0) is 0 Å². The molecular formula is C16H19BrN4O. The summed E-state index contributed by atoms with van der Waals surface area (Å²) < 4.78 is 0.928. The Morgan fingerprint density at radius 3 is 2.68 bits per heavy atom. The summed E-state index contributed by atoms with van der Waals surface area (Å²) in [6, 6.07) is 9.39. The molecule has 2 rings (SSSR count). The van der Waals surface area contributed by atoms with Crippen molar-refractivity contribution in [1.29, 1.82) is 0 Å². The lowest BCUT2D eigenvalue weighted by Crippen LogP contribution is -2.28. The predicted octanol–water partition coefficient (Wildman–Crippen LogP) is 3.68. The van der Waals surface area contributed by atoms with Crippen molar-refractivity contribution >= 4 is 33.3 Å². The summed E-state index contributed by atoms with van der Waals surface area (Å²) in [5.41, 5.74) is 1.25. The van der Waals surface area contributed by atoms with E-state index in [-0.39, 0.29) is 5.91 Å². The zero-order valence-electron chi connectivity index (χ0n) is 12.9. The normalized spacial score (nSPS) is 10.6. The third-order valence-corrected chi connectivity index (χ3v) is 3.57. The number of amides is 1. The Hall–Kier alpha value is -1.95. The molecule has 1 aromatic heterocycles. The highest BCUT2D eigenvalue weighted by Crippen LogP contribution is 2.24. The van der Waals surface area contributed by atoms with Crippen LogP contribution < -0.4 is 10.6 Å². The largest absolute Gasteiger partial charge is 0.350 e. The summed E-state index contributed by atoms with van der Waals surface area (Å²) in [5.74, 6) is 1.35. The molecule has 116 valence electrons. The fraction of sp³-hybridized carbons (Fsp3) is 0.312. The first-order valence-electron chi connectivity index (χ1n) is 7.11. The van der Waals surface area contributed by atoms with E-state index in [9.17, 15) is 4.79 Å². The van der Waals surface area contributed by atoms with Crippen LogP contribution in [0.5, 0.6) is 0 Å². The minimum atomic E-state index is -0.186. The lowest BCUT2D eigenvalue weighted by molar-refractivity contribution is 0.0943. The summed E-state index contributed by atoms with van der Waals surface area (Å²) in [6.45, 7) is 6.48. The molecule has 0 unspecified atom stereocenters. The fourth-order valence-electron chi connectivity index (χ4n) is 1.84. The van der Waals surface area contributed by atoms with Gasteiger partial charge < -0.3 is 10.6 Å². The maximum Gasteiger partial charge on any atom is 0.270 e. The van der Waals surface area contributed by atoms with E-state index < -0.39 is 0 Å². The second kappa shape index (κ2) is 7.35. The van der Waals surface area contributed by atoms with Crippen molar-refractivity contribution < 1.29 is 4.79 Å². The van der Waals surface area contributed by atoms with E-state index in [1.807, 2.05) is 38.1 Å². The van der Waals surface area contributed by atoms with Crippen LogP contribution in [0.15, 0.2) is 34.8 Å². The van der Waals surface area contributed by atoms with Crippen molar-refractivity contribution in [3.05, 3.63) is 46.3 Å². The Kier molecular flexibility index (Phi) is 5.49. The zero-order valence-corrected chi connectivity index (χ0v) is 14.4. The minimum absolute atomic E-state index is 0.186. The topological polar surface area (TPSA) is 66.9 Å². The van der Waals surface area contributed by atoms with Gasteiger partial charge in [-0.05, 0) is 40.9 Å². The highest BCUT2D eigenvalue weighted by atomic mass is 79.9. The van der Waals surface area contributed by atoms with Crippen molar-refractivity contribution in [1.82, 2.24) is 15.3 Å². The molecule has 0 atom stereocenters. The number of rotatable bonds is 5. The number of aromatic nitrogens is 2. The summed E-state index contributed by atoms with van der Waals surface area (Å²) in [5, 5.41) is 6.06. The molecule has 0 saturated carbocycles. The number of hydrogen-bond donors (Lipinski definition) is 2. The van der Waals surface area contributed by atoms with Crippen LogP contribution in [0.3, 0.4) is 0 Å². The molecule has 5 nitrogen and oxygen atoms in total. The average Bonchev–Trinajstić information content (AvgIpc) is 2.46. The first kappa shape index (κ1) is 16.4. The number of nitrogens with zero attached hydrogens (tertiary/aromatic N) is 2. The second-order valence-electron chi connectivity index (χ2n) is 5.39. The molecule has 0 spiro atoms. The molecule has 6 heteroatoms. The number of carbonyl (C=O) groups excluding carboxylic acids is 1. The van der Waals surface area contributed by atoms with Gasteiger partial charge in [-0.3, -0.25) is 4.79 Å². The molecule has 0 saturated heterocycles. The van der Waals surface area contributed by atoms with Crippen LogP contribution in [0.4, 0.5) is 11.5 Å². The number of anilines is 2. The molecular weight excluding hydrogens is 344 g/mol. The van der Waals surface area contributed by atoms with Crippen molar-refractivity contribution in [2.45, 2.75) is 20.8 Å². The van der Waals surface area contributed by atoms with Crippen LogP contribution >= 0.6 is 15.9 Å². The molecule has 2 aromatic rings. The molecule has 0 aliphatic carbocycles. The van der Waals surface area contributed by atoms with Gasteiger partial charge in [0.15, 0.2) is 0 Å². The number of para-hydroxylation sites is 1. The molecule has 0 fully saturated rings. The Morgan fingerprint density at radius 2 is 2.00 bits per heavy atom. The molecule has 1 heterocycles. The maximum absolute atomic E-state index is 12.1. The standard InChI is InChI=1S/C16H19BrN4O/c1-10(2)9-18-16(22)14-8-15(20-11(3)19-14)21-13-7-5-4-6-12(13)17/h4-8,10H,9H2,1-3H3,(H,18,22)(H,19,20,21). The summed E-state index contributed by atoms with van der Waals surface area (Å²) in [6.07, 6.45) is 0. The fourth-order valence-corrected chi connectivity index (χ4v) is 2.22. The first-order chi connectivity index (χ1) is 10.5. The van der Waals surface area contributed by atoms with Crippen LogP contribution in [0.25, 0.3) is 0 Å². The third-order valence-electron chi connectivity index (χ3n) is 2.88. The number of carbonyl (C=O) groups is 1. The summed E-state index contributed by atoms with van der Waals surface area (Å²) >= 11 is 3.48. The predicted molar refractivity (Wildman–Crippen MR) is 91.4 cm³/mol. The van der Waals surface area contributed by atoms with Crippen LogP contribution in [0.1, 0.15) is 30.2 Å².